The van der Waals surface area contributed by atoms with Crippen molar-refractivity contribution in [3.63, 3.8) is 0 Å². The summed E-state index contributed by atoms with van der Waals surface area (Å²) in [4.78, 5) is 0. The van der Waals surface area contributed by atoms with Crippen LogP contribution in [-0.2, 0) is 6.61 Å². The summed E-state index contributed by atoms with van der Waals surface area (Å²) in [5.74, 6) is 0.220. The van der Waals surface area contributed by atoms with E-state index in [9.17, 15) is 0 Å². The van der Waals surface area contributed by atoms with Crippen LogP contribution in [0.25, 0.3) is 0 Å². The maximum Gasteiger partial charge on any atom is 0.116 e. The molecule has 0 aliphatic carbocycles. The number of aromatic hydroxyl groups is 1. The molecule has 1 rings (SSSR count). The fraction of sp³-hybridized carbons (Fsp3) is 0.333. The lowest BCUT2D eigenvalue weighted by Gasteiger charge is -2.06. The van der Waals surface area contributed by atoms with Crippen molar-refractivity contribution in [2.45, 2.75) is 20.5 Å². The standard InChI is InChI=1S/C9H12O2/c1-6-3-9(11)4-8(5-10)7(6)2/h3-4,10-11H,5H2,1-2H3. The topological polar surface area (TPSA) is 40.5 Å². The van der Waals surface area contributed by atoms with Gasteiger partial charge < -0.3 is 10.2 Å². The third kappa shape index (κ3) is 1.52. The molecule has 0 radical (unpaired) electrons. The number of hydrogen-bond acceptors (Lipinski definition) is 2. The number of rotatable bonds is 1. The van der Waals surface area contributed by atoms with Gasteiger partial charge >= 0.3 is 0 Å². The van der Waals surface area contributed by atoms with Crippen molar-refractivity contribution in [1.29, 1.82) is 0 Å². The number of aliphatic hydroxyl groups is 1. The predicted octanol–water partition coefficient (Wildman–Crippen LogP) is 1.50. The van der Waals surface area contributed by atoms with Crippen molar-refractivity contribution in [1.82, 2.24) is 0 Å². The Morgan fingerprint density at radius 3 is 2.45 bits per heavy atom. The van der Waals surface area contributed by atoms with E-state index in [1.165, 1.54) is 0 Å². The molecule has 1 aromatic carbocycles. The van der Waals surface area contributed by atoms with E-state index in [1.807, 2.05) is 13.8 Å². The largest absolute Gasteiger partial charge is 0.508 e. The van der Waals surface area contributed by atoms with Gasteiger partial charge in [-0.2, -0.15) is 0 Å². The fourth-order valence-electron chi connectivity index (χ4n) is 1.08. The Balaban J connectivity index is 3.24. The van der Waals surface area contributed by atoms with E-state index in [1.54, 1.807) is 12.1 Å². The van der Waals surface area contributed by atoms with Gasteiger partial charge in [-0.3, -0.25) is 0 Å². The number of phenols is 1. The average Bonchev–Trinajstić information content (AvgIpc) is 1.96. The molecular weight excluding hydrogens is 140 g/mol. The molecule has 0 amide bonds. The van der Waals surface area contributed by atoms with Crippen LogP contribution in [0.4, 0.5) is 0 Å². The van der Waals surface area contributed by atoms with Crippen LogP contribution in [0.5, 0.6) is 5.75 Å². The minimum absolute atomic E-state index is 0.0128. The van der Waals surface area contributed by atoms with E-state index in [0.29, 0.717) is 0 Å². The van der Waals surface area contributed by atoms with Gasteiger partial charge in [0.25, 0.3) is 0 Å². The zero-order chi connectivity index (χ0) is 8.43. The van der Waals surface area contributed by atoms with Gasteiger partial charge in [-0.05, 0) is 42.7 Å². The highest BCUT2D eigenvalue weighted by molar-refractivity contribution is 5.39. The lowest BCUT2D eigenvalue weighted by Crippen LogP contribution is -1.91. The zero-order valence-electron chi connectivity index (χ0n) is 6.76. The van der Waals surface area contributed by atoms with Gasteiger partial charge in [-0.25, -0.2) is 0 Å². The van der Waals surface area contributed by atoms with E-state index in [-0.39, 0.29) is 12.4 Å². The van der Waals surface area contributed by atoms with Crippen LogP contribution in [0.1, 0.15) is 16.7 Å². The number of benzene rings is 1. The van der Waals surface area contributed by atoms with Gasteiger partial charge in [0, 0.05) is 0 Å². The molecule has 2 N–H and O–H groups in total. The summed E-state index contributed by atoms with van der Waals surface area (Å²) in [5, 5.41) is 18.0. The van der Waals surface area contributed by atoms with Gasteiger partial charge in [0.1, 0.15) is 5.75 Å². The summed E-state index contributed by atoms with van der Waals surface area (Å²) >= 11 is 0. The highest BCUT2D eigenvalue weighted by Gasteiger charge is 2.01. The van der Waals surface area contributed by atoms with E-state index in [4.69, 9.17) is 10.2 Å². The van der Waals surface area contributed by atoms with E-state index < -0.39 is 0 Å². The van der Waals surface area contributed by atoms with Crippen molar-refractivity contribution in [2.75, 3.05) is 0 Å². The minimum atomic E-state index is -0.0128. The third-order valence-electron chi connectivity index (χ3n) is 1.93. The second-order valence-corrected chi connectivity index (χ2v) is 2.70. The molecule has 0 saturated carbocycles. The molecule has 0 aliphatic rings. The van der Waals surface area contributed by atoms with Crippen molar-refractivity contribution >= 4 is 0 Å². The highest BCUT2D eigenvalue weighted by Crippen LogP contribution is 2.20. The number of phenolic OH excluding ortho intramolecular Hbond substituents is 1. The highest BCUT2D eigenvalue weighted by atomic mass is 16.3. The van der Waals surface area contributed by atoms with Crippen LogP contribution in [0.15, 0.2) is 12.1 Å². The predicted molar refractivity (Wildman–Crippen MR) is 43.5 cm³/mol. The molecule has 0 spiro atoms. The third-order valence-corrected chi connectivity index (χ3v) is 1.93. The average molecular weight is 152 g/mol. The molecule has 11 heavy (non-hydrogen) atoms. The number of aliphatic hydroxyl groups excluding tert-OH is 1. The first-order valence-electron chi connectivity index (χ1n) is 3.55. The first kappa shape index (κ1) is 8.08. The van der Waals surface area contributed by atoms with Gasteiger partial charge in [-0.15, -0.1) is 0 Å². The Labute approximate surface area is 66.1 Å². The van der Waals surface area contributed by atoms with E-state index in [0.717, 1.165) is 16.7 Å². The molecule has 1 aromatic rings. The molecular formula is C9H12O2. The fourth-order valence-corrected chi connectivity index (χ4v) is 1.08. The molecule has 2 heteroatoms. The van der Waals surface area contributed by atoms with Crippen molar-refractivity contribution < 1.29 is 10.2 Å². The first-order valence-corrected chi connectivity index (χ1v) is 3.55. The van der Waals surface area contributed by atoms with Crippen molar-refractivity contribution in [3.05, 3.63) is 28.8 Å². The van der Waals surface area contributed by atoms with Gasteiger partial charge in [0.15, 0.2) is 0 Å². The molecule has 0 heterocycles. The summed E-state index contributed by atoms with van der Waals surface area (Å²) in [6.45, 7) is 3.83. The van der Waals surface area contributed by atoms with Gasteiger partial charge in [-0.1, -0.05) is 0 Å². The maximum atomic E-state index is 9.14. The van der Waals surface area contributed by atoms with Crippen molar-refractivity contribution in [2.24, 2.45) is 0 Å². The second kappa shape index (κ2) is 2.93. The zero-order valence-corrected chi connectivity index (χ0v) is 6.76. The Morgan fingerprint density at radius 2 is 1.91 bits per heavy atom. The molecule has 0 aliphatic heterocycles. The van der Waals surface area contributed by atoms with Crippen LogP contribution in [0.3, 0.4) is 0 Å². The van der Waals surface area contributed by atoms with Crippen LogP contribution in [0.2, 0.25) is 0 Å². The molecule has 0 fully saturated rings. The quantitative estimate of drug-likeness (QED) is 0.640. The maximum absolute atomic E-state index is 9.14. The summed E-state index contributed by atoms with van der Waals surface area (Å²) in [6, 6.07) is 3.27. The molecule has 0 aromatic heterocycles. The lowest BCUT2D eigenvalue weighted by molar-refractivity contribution is 0.280. The summed E-state index contributed by atoms with van der Waals surface area (Å²) in [5.41, 5.74) is 2.85. The van der Waals surface area contributed by atoms with Crippen LogP contribution < -0.4 is 0 Å². The second-order valence-electron chi connectivity index (χ2n) is 2.70. The Morgan fingerprint density at radius 1 is 1.27 bits per heavy atom. The normalized spacial score (nSPS) is 10.1. The molecule has 0 atom stereocenters. The molecule has 0 bridgehead atoms. The summed E-state index contributed by atoms with van der Waals surface area (Å²) in [6.07, 6.45) is 0. The Bertz CT molecular complexity index is 267. The Kier molecular flexibility index (Phi) is 2.15. The smallest absolute Gasteiger partial charge is 0.116 e. The molecule has 60 valence electrons. The SMILES string of the molecule is Cc1cc(O)cc(CO)c1C. The lowest BCUT2D eigenvalue weighted by atomic mass is 10.0. The summed E-state index contributed by atoms with van der Waals surface area (Å²) < 4.78 is 0. The molecule has 0 saturated heterocycles. The molecule has 0 unspecified atom stereocenters. The van der Waals surface area contributed by atoms with Crippen LogP contribution in [-0.4, -0.2) is 10.2 Å². The van der Waals surface area contributed by atoms with E-state index in [2.05, 4.69) is 0 Å². The van der Waals surface area contributed by atoms with Crippen LogP contribution >= 0.6 is 0 Å². The Hall–Kier alpha value is -1.02. The first-order chi connectivity index (χ1) is 5.15. The van der Waals surface area contributed by atoms with Crippen molar-refractivity contribution in [3.8, 4) is 5.75 Å². The van der Waals surface area contributed by atoms with Crippen LogP contribution in [0, 0.1) is 13.8 Å². The summed E-state index contributed by atoms with van der Waals surface area (Å²) in [7, 11) is 0. The monoisotopic (exact) mass is 152 g/mol. The van der Waals surface area contributed by atoms with Gasteiger partial charge in [0.2, 0.25) is 0 Å². The molecule has 2 nitrogen and oxygen atoms in total. The number of aryl methyl sites for hydroxylation is 1. The van der Waals surface area contributed by atoms with E-state index >= 15 is 0 Å². The number of hydrogen-bond donors (Lipinski definition) is 2. The minimum Gasteiger partial charge on any atom is -0.508 e. The van der Waals surface area contributed by atoms with Gasteiger partial charge in [0.05, 0.1) is 6.61 Å².